The number of halogens is 1. The fourth-order valence-corrected chi connectivity index (χ4v) is 6.90. The largest absolute Gasteiger partial charge is 0.444 e. The summed E-state index contributed by atoms with van der Waals surface area (Å²) in [5.41, 5.74) is 6.08. The molecule has 3 fully saturated rings. The zero-order valence-electron chi connectivity index (χ0n) is 20.6. The van der Waals surface area contributed by atoms with E-state index >= 15 is 0 Å². The van der Waals surface area contributed by atoms with Gasteiger partial charge in [0.15, 0.2) is 0 Å². The van der Waals surface area contributed by atoms with Crippen LogP contribution in [0.5, 0.6) is 0 Å². The number of amides is 3. The Morgan fingerprint density at radius 1 is 1.11 bits per heavy atom. The number of primary amides is 1. The highest BCUT2D eigenvalue weighted by molar-refractivity contribution is 9.10. The third-order valence-electron chi connectivity index (χ3n) is 8.26. The lowest BCUT2D eigenvalue weighted by atomic mass is 9.81. The molecule has 4 aliphatic rings. The number of hydrogen-bond acceptors (Lipinski definition) is 4. The van der Waals surface area contributed by atoms with Crippen LogP contribution >= 0.6 is 15.9 Å². The Balaban J connectivity index is 1.45. The molecule has 0 aromatic heterocycles. The molecular formula is C27H34BrN3O4. The number of likely N-dealkylation sites (tertiary alicyclic amines) is 1. The smallest absolute Gasteiger partial charge is 0.410 e. The molecule has 2 bridgehead atoms. The van der Waals surface area contributed by atoms with E-state index in [0.29, 0.717) is 13.1 Å². The summed E-state index contributed by atoms with van der Waals surface area (Å²) in [6.07, 6.45) is 7.63. The van der Waals surface area contributed by atoms with Crippen LogP contribution in [0.4, 0.5) is 10.5 Å². The van der Waals surface area contributed by atoms with E-state index in [9.17, 15) is 14.4 Å². The van der Waals surface area contributed by atoms with Crippen molar-refractivity contribution in [2.24, 2.45) is 34.8 Å². The summed E-state index contributed by atoms with van der Waals surface area (Å²) >= 11 is 3.48. The van der Waals surface area contributed by atoms with E-state index in [2.05, 4.69) is 28.1 Å². The molecule has 1 aromatic carbocycles. The van der Waals surface area contributed by atoms with Gasteiger partial charge in [-0.3, -0.25) is 9.59 Å². The second-order valence-corrected chi connectivity index (χ2v) is 12.4. The Kier molecular flexibility index (Phi) is 6.01. The molecule has 1 aromatic rings. The molecule has 1 aliphatic heterocycles. The van der Waals surface area contributed by atoms with Crippen molar-refractivity contribution in [1.29, 1.82) is 0 Å². The Hall–Kier alpha value is -2.35. The molecule has 1 unspecified atom stereocenters. The summed E-state index contributed by atoms with van der Waals surface area (Å²) in [5, 5.41) is 0. The SMILES string of the molecule is CC(C)(C)OC(=O)N1CCCC1CN(C(=O)[C@H]1[C@H](C(N)=O)[C@@H]2C=C[C@H]1C21CC1)c1ccc(Br)cc1. The van der Waals surface area contributed by atoms with Crippen molar-refractivity contribution >= 4 is 39.5 Å². The molecule has 0 radical (unpaired) electrons. The predicted octanol–water partition coefficient (Wildman–Crippen LogP) is 4.50. The summed E-state index contributed by atoms with van der Waals surface area (Å²) in [7, 11) is 0. The Morgan fingerprint density at radius 2 is 1.74 bits per heavy atom. The molecule has 1 spiro atoms. The molecule has 2 saturated carbocycles. The van der Waals surface area contributed by atoms with Crippen molar-refractivity contribution in [2.75, 3.05) is 18.0 Å². The predicted molar refractivity (Wildman–Crippen MR) is 136 cm³/mol. The van der Waals surface area contributed by atoms with Gasteiger partial charge in [-0.05, 0) is 88.0 Å². The molecule has 7 nitrogen and oxygen atoms in total. The molecule has 2 N–H and O–H groups in total. The third kappa shape index (κ3) is 4.28. The van der Waals surface area contributed by atoms with Crippen molar-refractivity contribution < 1.29 is 19.1 Å². The lowest BCUT2D eigenvalue weighted by Gasteiger charge is -2.35. The number of hydrogen-bond donors (Lipinski definition) is 1. The van der Waals surface area contributed by atoms with Crippen molar-refractivity contribution in [3.63, 3.8) is 0 Å². The summed E-state index contributed by atoms with van der Waals surface area (Å²) in [5.74, 6) is -1.32. The van der Waals surface area contributed by atoms with E-state index < -0.39 is 23.3 Å². The molecule has 1 saturated heterocycles. The van der Waals surface area contributed by atoms with Gasteiger partial charge in [-0.2, -0.15) is 0 Å². The molecule has 1 heterocycles. The summed E-state index contributed by atoms with van der Waals surface area (Å²) in [6, 6.07) is 7.47. The van der Waals surface area contributed by atoms with Crippen LogP contribution in [-0.4, -0.2) is 47.5 Å². The first-order chi connectivity index (χ1) is 16.5. The highest BCUT2D eigenvalue weighted by Crippen LogP contribution is 2.72. The highest BCUT2D eigenvalue weighted by atomic mass is 79.9. The van der Waals surface area contributed by atoms with Gasteiger partial charge in [0.1, 0.15) is 5.60 Å². The maximum Gasteiger partial charge on any atom is 0.410 e. The van der Waals surface area contributed by atoms with E-state index in [1.807, 2.05) is 45.0 Å². The average Bonchev–Trinajstić information content (AvgIpc) is 3.20. The Morgan fingerprint density at radius 3 is 2.31 bits per heavy atom. The number of ether oxygens (including phenoxy) is 1. The fourth-order valence-electron chi connectivity index (χ4n) is 6.64. The molecule has 35 heavy (non-hydrogen) atoms. The standard InChI is InChI=1S/C27H34BrN3O4/c1-26(2,3)35-25(34)30-14-4-5-18(30)15-31(17-8-6-16(28)7-9-17)24(33)22-20-11-10-19(21(22)23(29)32)27(20)12-13-27/h6-11,18-22H,4-5,12-15H2,1-3H3,(H2,29,32)/t18?,19-,20+,21+,22+/m0/s1. The molecule has 8 heteroatoms. The second-order valence-electron chi connectivity index (χ2n) is 11.5. The number of nitrogens with two attached hydrogens (primary N) is 1. The quantitative estimate of drug-likeness (QED) is 0.553. The van der Waals surface area contributed by atoms with Gasteiger partial charge in [0.05, 0.1) is 17.9 Å². The second kappa shape index (κ2) is 8.64. The van der Waals surface area contributed by atoms with Gasteiger partial charge in [0.2, 0.25) is 11.8 Å². The maximum atomic E-state index is 14.3. The van der Waals surface area contributed by atoms with Gasteiger partial charge in [-0.25, -0.2) is 4.79 Å². The number of rotatable bonds is 5. The van der Waals surface area contributed by atoms with Gasteiger partial charge < -0.3 is 20.3 Å². The molecule has 5 rings (SSSR count). The lowest BCUT2D eigenvalue weighted by molar-refractivity contribution is -0.132. The number of carbonyl (C=O) groups is 3. The molecule has 188 valence electrons. The normalized spacial score (nSPS) is 30.1. The summed E-state index contributed by atoms with van der Waals surface area (Å²) in [6.45, 7) is 6.53. The van der Waals surface area contributed by atoms with Crippen LogP contribution in [0.15, 0.2) is 40.9 Å². The number of benzene rings is 1. The number of nitrogens with zero attached hydrogens (tertiary/aromatic N) is 2. The molecule has 3 aliphatic carbocycles. The molecular weight excluding hydrogens is 510 g/mol. The zero-order valence-corrected chi connectivity index (χ0v) is 22.2. The average molecular weight is 544 g/mol. The lowest BCUT2D eigenvalue weighted by Crippen LogP contribution is -2.50. The van der Waals surface area contributed by atoms with E-state index in [4.69, 9.17) is 10.5 Å². The van der Waals surface area contributed by atoms with Crippen LogP contribution in [0.25, 0.3) is 0 Å². The van der Waals surface area contributed by atoms with Gasteiger partial charge in [0, 0.05) is 23.2 Å². The first-order valence-electron chi connectivity index (χ1n) is 12.6. The highest BCUT2D eigenvalue weighted by Gasteiger charge is 2.70. The van der Waals surface area contributed by atoms with Crippen LogP contribution in [0.2, 0.25) is 0 Å². The van der Waals surface area contributed by atoms with Crippen molar-refractivity contribution in [3.05, 3.63) is 40.9 Å². The third-order valence-corrected chi connectivity index (χ3v) is 8.79. The van der Waals surface area contributed by atoms with E-state index in [0.717, 1.165) is 35.8 Å². The monoisotopic (exact) mass is 543 g/mol. The molecule has 3 amide bonds. The van der Waals surface area contributed by atoms with E-state index in [-0.39, 0.29) is 35.3 Å². The minimum Gasteiger partial charge on any atom is -0.444 e. The van der Waals surface area contributed by atoms with Crippen LogP contribution in [-0.2, 0) is 14.3 Å². The van der Waals surface area contributed by atoms with Gasteiger partial charge in [-0.15, -0.1) is 0 Å². The van der Waals surface area contributed by atoms with Crippen LogP contribution in [0, 0.1) is 29.1 Å². The fraction of sp³-hybridized carbons (Fsp3) is 0.593. The first-order valence-corrected chi connectivity index (χ1v) is 13.4. The van der Waals surface area contributed by atoms with E-state index in [1.54, 1.807) is 9.80 Å². The topological polar surface area (TPSA) is 92.9 Å². The summed E-state index contributed by atoms with van der Waals surface area (Å²) in [4.78, 5) is 43.3. The molecule has 5 atom stereocenters. The number of anilines is 1. The maximum absolute atomic E-state index is 14.3. The van der Waals surface area contributed by atoms with Crippen LogP contribution in [0.3, 0.4) is 0 Å². The van der Waals surface area contributed by atoms with Crippen molar-refractivity contribution in [2.45, 2.75) is 58.1 Å². The van der Waals surface area contributed by atoms with Crippen molar-refractivity contribution in [3.8, 4) is 0 Å². The van der Waals surface area contributed by atoms with Gasteiger partial charge in [-0.1, -0.05) is 28.1 Å². The van der Waals surface area contributed by atoms with E-state index in [1.165, 1.54) is 0 Å². The minimum atomic E-state index is -0.589. The number of allylic oxidation sites excluding steroid dienone is 2. The zero-order chi connectivity index (χ0) is 25.1. The van der Waals surface area contributed by atoms with Gasteiger partial charge >= 0.3 is 6.09 Å². The summed E-state index contributed by atoms with van der Waals surface area (Å²) < 4.78 is 6.56. The van der Waals surface area contributed by atoms with Crippen LogP contribution in [0.1, 0.15) is 46.5 Å². The Bertz CT molecular complexity index is 1060. The van der Waals surface area contributed by atoms with Crippen LogP contribution < -0.4 is 10.6 Å². The minimum absolute atomic E-state index is 0.0291. The van der Waals surface area contributed by atoms with Gasteiger partial charge in [0.25, 0.3) is 0 Å². The first kappa shape index (κ1) is 24.3. The number of carbonyl (C=O) groups excluding carboxylic acids is 3. The van der Waals surface area contributed by atoms with Crippen molar-refractivity contribution in [1.82, 2.24) is 4.90 Å². The Labute approximate surface area is 215 Å².